The Balaban J connectivity index is 1.54. The predicted molar refractivity (Wildman–Crippen MR) is 103 cm³/mol. The van der Waals surface area contributed by atoms with Crippen LogP contribution in [0.25, 0.3) is 5.57 Å². The number of halogens is 2. The maximum absolute atomic E-state index is 13.3. The molecule has 1 saturated carbocycles. The first-order valence-corrected chi connectivity index (χ1v) is 9.03. The van der Waals surface area contributed by atoms with E-state index in [1.165, 1.54) is 12.3 Å². The van der Waals surface area contributed by atoms with Crippen molar-refractivity contribution in [2.75, 3.05) is 0 Å². The lowest BCUT2D eigenvalue weighted by atomic mass is 9.79. The summed E-state index contributed by atoms with van der Waals surface area (Å²) in [6.45, 7) is 8.74. The summed E-state index contributed by atoms with van der Waals surface area (Å²) in [6, 6.07) is 7.00. The van der Waals surface area contributed by atoms with Crippen LogP contribution in [-0.4, -0.2) is 16.1 Å². The average molecular weight is 370 g/mol. The summed E-state index contributed by atoms with van der Waals surface area (Å²) in [7, 11) is 0. The Morgan fingerprint density at radius 2 is 1.89 bits per heavy atom. The van der Waals surface area contributed by atoms with Crippen molar-refractivity contribution in [2.24, 2.45) is 0 Å². The number of hydrogen-bond acceptors (Lipinski definition) is 3. The fraction of sp³-hybridized carbons (Fsp3) is 0.364. The van der Waals surface area contributed by atoms with Crippen LogP contribution >= 0.6 is 0 Å². The van der Waals surface area contributed by atoms with Crippen LogP contribution in [0.15, 0.2) is 54.9 Å². The van der Waals surface area contributed by atoms with E-state index in [2.05, 4.69) is 16.5 Å². The van der Waals surface area contributed by atoms with Crippen LogP contribution in [0.2, 0.25) is 0 Å². The van der Waals surface area contributed by atoms with Gasteiger partial charge in [-0.05, 0) is 56.0 Å². The van der Waals surface area contributed by atoms with Gasteiger partial charge in [-0.25, -0.2) is 13.8 Å². The van der Waals surface area contributed by atoms with Gasteiger partial charge >= 0.3 is 0 Å². The first-order valence-electron chi connectivity index (χ1n) is 9.03. The van der Waals surface area contributed by atoms with E-state index in [4.69, 9.17) is 4.74 Å². The van der Waals surface area contributed by atoms with Gasteiger partial charge in [0.1, 0.15) is 6.10 Å². The Morgan fingerprint density at radius 1 is 1.15 bits per heavy atom. The molecule has 27 heavy (non-hydrogen) atoms. The van der Waals surface area contributed by atoms with E-state index in [0.717, 1.165) is 42.2 Å². The lowest BCUT2D eigenvalue weighted by Gasteiger charge is -2.34. The van der Waals surface area contributed by atoms with Gasteiger partial charge in [0.2, 0.25) is 5.88 Å². The molecule has 3 nitrogen and oxygen atoms in total. The third-order valence-electron chi connectivity index (χ3n) is 4.75. The summed E-state index contributed by atoms with van der Waals surface area (Å²) >= 11 is 0. The molecule has 2 aromatic heterocycles. The highest BCUT2D eigenvalue weighted by Gasteiger charge is 2.34. The molecule has 0 unspecified atom stereocenters. The monoisotopic (exact) mass is 370 g/mol. The topological polar surface area (TPSA) is 35.0 Å². The lowest BCUT2D eigenvalue weighted by Crippen LogP contribution is -2.33. The van der Waals surface area contributed by atoms with Crippen molar-refractivity contribution in [1.29, 1.82) is 0 Å². The van der Waals surface area contributed by atoms with Gasteiger partial charge < -0.3 is 4.74 Å². The van der Waals surface area contributed by atoms with Crippen molar-refractivity contribution in [2.45, 2.75) is 51.6 Å². The molecule has 1 aliphatic rings. The molecule has 3 rings (SSSR count). The van der Waals surface area contributed by atoms with Gasteiger partial charge in [0, 0.05) is 42.6 Å². The van der Waals surface area contributed by atoms with Crippen LogP contribution in [0.5, 0.6) is 5.88 Å². The highest BCUT2D eigenvalue weighted by Crippen LogP contribution is 2.38. The van der Waals surface area contributed by atoms with E-state index in [1.54, 1.807) is 12.3 Å². The van der Waals surface area contributed by atoms with E-state index in [9.17, 15) is 8.78 Å². The first kappa shape index (κ1) is 19.2. The third-order valence-corrected chi connectivity index (χ3v) is 4.75. The summed E-state index contributed by atoms with van der Waals surface area (Å²) in [5, 5.41) is 0. The van der Waals surface area contributed by atoms with E-state index in [0.29, 0.717) is 5.88 Å². The summed E-state index contributed by atoms with van der Waals surface area (Å²) in [6.07, 6.45) is 6.78. The van der Waals surface area contributed by atoms with Gasteiger partial charge in [0.05, 0.1) is 0 Å². The third kappa shape index (κ3) is 4.79. The van der Waals surface area contributed by atoms with Gasteiger partial charge in [-0.2, -0.15) is 0 Å². The van der Waals surface area contributed by atoms with Gasteiger partial charge in [-0.3, -0.25) is 4.98 Å². The maximum atomic E-state index is 13.3. The lowest BCUT2D eigenvalue weighted by molar-refractivity contribution is 0.0170. The Labute approximate surface area is 158 Å². The highest BCUT2D eigenvalue weighted by atomic mass is 19.3. The number of pyridine rings is 2. The van der Waals surface area contributed by atoms with Crippen molar-refractivity contribution in [1.82, 2.24) is 9.97 Å². The average Bonchev–Trinajstić information content (AvgIpc) is 2.57. The second kappa shape index (κ2) is 7.59. The standard InChI is InChI=1S/C22H24F2N2O/c1-14(2)9-15(3)16-5-8-21(26-12-16)27-19-10-17(11-19)20-7-6-18(13-25-20)22(4,23)24/h5-9,12-13,17,19H,1,10-11H2,2-4H3/b15-9+. The maximum Gasteiger partial charge on any atom is 0.272 e. The zero-order valence-electron chi connectivity index (χ0n) is 15.9. The SMILES string of the molecule is C=C(C)/C=C(\C)c1ccc(OC2CC(c3ccc(C(C)(F)F)cn3)C2)nc1. The number of ether oxygens (including phenoxy) is 1. The molecular formula is C22H24F2N2O. The molecule has 0 aliphatic heterocycles. The number of allylic oxidation sites excluding steroid dienone is 3. The minimum absolute atomic E-state index is 0.0568. The molecule has 5 heteroatoms. The highest BCUT2D eigenvalue weighted by molar-refractivity contribution is 5.65. The molecule has 0 amide bonds. The Bertz CT molecular complexity index is 830. The summed E-state index contributed by atoms with van der Waals surface area (Å²) in [5.41, 5.74) is 3.93. The molecule has 0 bridgehead atoms. The molecule has 0 radical (unpaired) electrons. The van der Waals surface area contributed by atoms with Gasteiger partial charge in [0.15, 0.2) is 0 Å². The minimum atomic E-state index is -2.85. The number of aromatic nitrogens is 2. The van der Waals surface area contributed by atoms with E-state index in [1.807, 2.05) is 32.1 Å². The van der Waals surface area contributed by atoms with Crippen LogP contribution < -0.4 is 4.74 Å². The zero-order valence-corrected chi connectivity index (χ0v) is 15.9. The summed E-state index contributed by atoms with van der Waals surface area (Å²) < 4.78 is 32.4. The van der Waals surface area contributed by atoms with Crippen LogP contribution in [-0.2, 0) is 5.92 Å². The fourth-order valence-electron chi connectivity index (χ4n) is 3.12. The van der Waals surface area contributed by atoms with Gasteiger partial charge in [0.25, 0.3) is 5.92 Å². The number of rotatable bonds is 6. The summed E-state index contributed by atoms with van der Waals surface area (Å²) in [5.74, 6) is -2.01. The number of hydrogen-bond donors (Lipinski definition) is 0. The van der Waals surface area contributed by atoms with E-state index < -0.39 is 5.92 Å². The largest absolute Gasteiger partial charge is 0.474 e. The Hall–Kier alpha value is -2.56. The predicted octanol–water partition coefficient (Wildman–Crippen LogP) is 5.89. The van der Waals surface area contributed by atoms with Crippen LogP contribution in [0, 0.1) is 0 Å². The number of nitrogens with zero attached hydrogens (tertiary/aromatic N) is 2. The quantitative estimate of drug-likeness (QED) is 0.595. The van der Waals surface area contributed by atoms with Crippen LogP contribution in [0.1, 0.15) is 56.4 Å². The Kier molecular flexibility index (Phi) is 5.40. The minimum Gasteiger partial charge on any atom is -0.474 e. The van der Waals surface area contributed by atoms with Crippen LogP contribution in [0.3, 0.4) is 0 Å². The number of alkyl halides is 2. The molecule has 1 fully saturated rings. The molecular weight excluding hydrogens is 346 g/mol. The van der Waals surface area contributed by atoms with E-state index in [-0.39, 0.29) is 17.6 Å². The van der Waals surface area contributed by atoms with Crippen molar-refractivity contribution < 1.29 is 13.5 Å². The zero-order chi connectivity index (χ0) is 19.6. The molecule has 142 valence electrons. The summed E-state index contributed by atoms with van der Waals surface area (Å²) in [4.78, 5) is 8.57. The molecule has 0 saturated heterocycles. The van der Waals surface area contributed by atoms with Crippen molar-refractivity contribution in [3.63, 3.8) is 0 Å². The normalized spacial score (nSPS) is 20.1. The second-order valence-corrected chi connectivity index (χ2v) is 7.33. The smallest absolute Gasteiger partial charge is 0.272 e. The second-order valence-electron chi connectivity index (χ2n) is 7.33. The van der Waals surface area contributed by atoms with Crippen molar-refractivity contribution in [3.05, 3.63) is 71.7 Å². The molecule has 0 N–H and O–H groups in total. The molecule has 0 atom stereocenters. The molecule has 2 aromatic rings. The molecule has 2 heterocycles. The molecule has 0 spiro atoms. The van der Waals surface area contributed by atoms with E-state index >= 15 is 0 Å². The Morgan fingerprint density at radius 3 is 2.41 bits per heavy atom. The first-order chi connectivity index (χ1) is 12.7. The molecule has 0 aromatic carbocycles. The van der Waals surface area contributed by atoms with Crippen LogP contribution in [0.4, 0.5) is 8.78 Å². The molecule has 1 aliphatic carbocycles. The van der Waals surface area contributed by atoms with Crippen molar-refractivity contribution in [3.8, 4) is 5.88 Å². The fourth-order valence-corrected chi connectivity index (χ4v) is 3.12. The van der Waals surface area contributed by atoms with Gasteiger partial charge in [-0.1, -0.05) is 18.2 Å². The van der Waals surface area contributed by atoms with Crippen molar-refractivity contribution >= 4 is 5.57 Å². The van der Waals surface area contributed by atoms with Gasteiger partial charge in [-0.15, -0.1) is 0 Å².